The Morgan fingerprint density at radius 1 is 0.958 bits per heavy atom. The molecule has 0 aromatic rings. The molecule has 7 heteroatoms. The lowest BCUT2D eigenvalue weighted by Crippen LogP contribution is -2.51. The molecule has 136 valence electrons. The maximum atomic E-state index is 12.9. The molecule has 0 aromatic carbocycles. The van der Waals surface area contributed by atoms with E-state index < -0.39 is 18.7 Å². The van der Waals surface area contributed by atoms with Crippen molar-refractivity contribution in [2.45, 2.75) is 63.5 Å². The maximum absolute atomic E-state index is 12.9. The summed E-state index contributed by atoms with van der Waals surface area (Å²) in [5.74, 6) is -0.419. The van der Waals surface area contributed by atoms with Crippen LogP contribution in [0.4, 0.5) is 0 Å². The summed E-state index contributed by atoms with van der Waals surface area (Å²) in [4.78, 5) is 40.4. The highest BCUT2D eigenvalue weighted by atomic mass is 16.3. The van der Waals surface area contributed by atoms with Crippen LogP contribution in [0.25, 0.3) is 0 Å². The van der Waals surface area contributed by atoms with Crippen molar-refractivity contribution in [3.05, 3.63) is 0 Å². The molecule has 3 N–H and O–H groups in total. The number of likely N-dealkylation sites (tertiary alicyclic amines) is 2. The van der Waals surface area contributed by atoms with Crippen LogP contribution < -0.4 is 5.73 Å². The number of rotatable bonds is 8. The summed E-state index contributed by atoms with van der Waals surface area (Å²) in [6.07, 6.45) is 5.92. The van der Waals surface area contributed by atoms with E-state index in [1.165, 1.54) is 0 Å². The summed E-state index contributed by atoms with van der Waals surface area (Å²) in [6.45, 7) is 1.24. The quantitative estimate of drug-likeness (QED) is 0.608. The first-order chi connectivity index (χ1) is 11.6. The number of unbranched alkanes of at least 4 members (excludes halogenated alkanes) is 2. The summed E-state index contributed by atoms with van der Waals surface area (Å²) in [5, 5.41) is 9.08. The molecule has 2 saturated heterocycles. The molecule has 0 spiro atoms. The van der Waals surface area contributed by atoms with Crippen LogP contribution in [-0.2, 0) is 14.4 Å². The van der Waals surface area contributed by atoms with E-state index in [1.54, 1.807) is 9.80 Å². The molecule has 2 heterocycles. The van der Waals surface area contributed by atoms with Crippen molar-refractivity contribution in [2.24, 2.45) is 5.73 Å². The van der Waals surface area contributed by atoms with Crippen molar-refractivity contribution < 1.29 is 19.5 Å². The third kappa shape index (κ3) is 4.33. The molecule has 2 aliphatic rings. The SMILES string of the molecule is NCCCCCC(=O)N1CCC[C@H]1C(=O)N1CCC[C@H]1C(=O)CO. The zero-order valence-corrected chi connectivity index (χ0v) is 14.3. The standard InChI is InChI=1S/C17H29N3O4/c18-9-3-1-2-8-16(23)19-10-5-7-14(19)17(24)20-11-4-6-13(20)15(22)12-21/h13-14,21H,1-12,18H2/t13-,14-/m0/s1. The Balaban J connectivity index is 1.95. The minimum atomic E-state index is -0.539. The van der Waals surface area contributed by atoms with Gasteiger partial charge in [0.2, 0.25) is 11.8 Å². The van der Waals surface area contributed by atoms with Gasteiger partial charge < -0.3 is 20.6 Å². The van der Waals surface area contributed by atoms with Crippen LogP contribution in [0.1, 0.15) is 51.4 Å². The molecule has 2 rings (SSSR count). The van der Waals surface area contributed by atoms with E-state index >= 15 is 0 Å². The zero-order chi connectivity index (χ0) is 17.5. The second-order valence-corrected chi connectivity index (χ2v) is 6.66. The van der Waals surface area contributed by atoms with Gasteiger partial charge >= 0.3 is 0 Å². The predicted octanol–water partition coefficient (Wildman–Crippen LogP) is 0.0489. The minimum Gasteiger partial charge on any atom is -0.389 e. The third-order valence-electron chi connectivity index (χ3n) is 5.02. The second-order valence-electron chi connectivity index (χ2n) is 6.66. The van der Waals surface area contributed by atoms with Gasteiger partial charge in [0.15, 0.2) is 5.78 Å². The Kier molecular flexibility index (Phi) is 7.17. The van der Waals surface area contributed by atoms with Gasteiger partial charge in [-0.05, 0) is 45.1 Å². The van der Waals surface area contributed by atoms with E-state index in [-0.39, 0.29) is 17.6 Å². The zero-order valence-electron chi connectivity index (χ0n) is 14.3. The highest BCUT2D eigenvalue weighted by Gasteiger charge is 2.41. The summed E-state index contributed by atoms with van der Waals surface area (Å²) < 4.78 is 0. The lowest BCUT2D eigenvalue weighted by molar-refractivity contribution is -0.146. The molecule has 24 heavy (non-hydrogen) atoms. The normalized spacial score (nSPS) is 23.8. The number of ketones is 1. The van der Waals surface area contributed by atoms with Gasteiger partial charge in [0.25, 0.3) is 0 Å². The monoisotopic (exact) mass is 339 g/mol. The number of aliphatic hydroxyl groups excluding tert-OH is 1. The molecule has 0 unspecified atom stereocenters. The molecular weight excluding hydrogens is 310 g/mol. The van der Waals surface area contributed by atoms with Gasteiger partial charge in [0.1, 0.15) is 12.6 Å². The fraction of sp³-hybridized carbons (Fsp3) is 0.824. The molecule has 0 saturated carbocycles. The molecule has 0 radical (unpaired) electrons. The molecule has 2 atom stereocenters. The lowest BCUT2D eigenvalue weighted by Gasteiger charge is -2.30. The fourth-order valence-corrected chi connectivity index (χ4v) is 3.72. The number of carbonyl (C=O) groups excluding carboxylic acids is 3. The van der Waals surface area contributed by atoms with E-state index in [0.29, 0.717) is 38.9 Å². The van der Waals surface area contributed by atoms with Crippen LogP contribution in [0.5, 0.6) is 0 Å². The van der Waals surface area contributed by atoms with Gasteiger partial charge in [-0.15, -0.1) is 0 Å². The van der Waals surface area contributed by atoms with Crippen molar-refractivity contribution in [1.29, 1.82) is 0 Å². The number of aliphatic hydroxyl groups is 1. The van der Waals surface area contributed by atoms with Crippen molar-refractivity contribution in [2.75, 3.05) is 26.2 Å². The largest absolute Gasteiger partial charge is 0.389 e. The fourth-order valence-electron chi connectivity index (χ4n) is 3.72. The number of nitrogens with zero attached hydrogens (tertiary/aromatic N) is 2. The number of hydrogen-bond acceptors (Lipinski definition) is 5. The van der Waals surface area contributed by atoms with Gasteiger partial charge in [0.05, 0.1) is 6.04 Å². The average molecular weight is 339 g/mol. The maximum Gasteiger partial charge on any atom is 0.245 e. The minimum absolute atomic E-state index is 0.0205. The van der Waals surface area contributed by atoms with Crippen LogP contribution in [-0.4, -0.2) is 70.8 Å². The number of Topliss-reactive ketones (excluding diaryl/α,β-unsaturated/α-hetero) is 1. The summed E-state index contributed by atoms with van der Waals surface area (Å²) in [6, 6.07) is -0.969. The molecule has 2 amide bonds. The van der Waals surface area contributed by atoms with Crippen molar-refractivity contribution in [3.63, 3.8) is 0 Å². The van der Waals surface area contributed by atoms with Gasteiger partial charge in [-0.1, -0.05) is 6.42 Å². The summed E-state index contributed by atoms with van der Waals surface area (Å²) in [5.41, 5.74) is 5.46. The molecule has 2 fully saturated rings. The molecule has 0 bridgehead atoms. The van der Waals surface area contributed by atoms with E-state index in [0.717, 1.165) is 32.1 Å². The average Bonchev–Trinajstić information content (AvgIpc) is 3.26. The van der Waals surface area contributed by atoms with Crippen molar-refractivity contribution in [3.8, 4) is 0 Å². The topological polar surface area (TPSA) is 104 Å². The van der Waals surface area contributed by atoms with Crippen LogP contribution in [0.3, 0.4) is 0 Å². The van der Waals surface area contributed by atoms with Crippen LogP contribution in [0.15, 0.2) is 0 Å². The van der Waals surface area contributed by atoms with Gasteiger partial charge in [-0.3, -0.25) is 14.4 Å². The molecule has 7 nitrogen and oxygen atoms in total. The Bertz CT molecular complexity index is 469. The first-order valence-electron chi connectivity index (χ1n) is 9.03. The molecule has 2 aliphatic heterocycles. The second kappa shape index (κ2) is 9.13. The molecule has 0 aliphatic carbocycles. The first-order valence-corrected chi connectivity index (χ1v) is 9.03. The number of amides is 2. The van der Waals surface area contributed by atoms with E-state index in [9.17, 15) is 14.4 Å². The van der Waals surface area contributed by atoms with Gasteiger partial charge in [0, 0.05) is 19.5 Å². The number of nitrogens with two attached hydrogens (primary N) is 1. The van der Waals surface area contributed by atoms with E-state index in [4.69, 9.17) is 10.8 Å². The lowest BCUT2D eigenvalue weighted by atomic mass is 10.1. The Labute approximate surface area is 143 Å². The summed E-state index contributed by atoms with van der Waals surface area (Å²) >= 11 is 0. The Morgan fingerprint density at radius 3 is 2.29 bits per heavy atom. The summed E-state index contributed by atoms with van der Waals surface area (Å²) in [7, 11) is 0. The number of carbonyl (C=O) groups is 3. The number of hydrogen-bond donors (Lipinski definition) is 2. The predicted molar refractivity (Wildman–Crippen MR) is 89.1 cm³/mol. The highest BCUT2D eigenvalue weighted by molar-refractivity contribution is 5.94. The highest BCUT2D eigenvalue weighted by Crippen LogP contribution is 2.26. The van der Waals surface area contributed by atoms with Gasteiger partial charge in [-0.2, -0.15) is 0 Å². The van der Waals surface area contributed by atoms with Crippen LogP contribution in [0.2, 0.25) is 0 Å². The molecular formula is C17H29N3O4. The first kappa shape index (κ1) is 18.9. The molecule has 0 aromatic heterocycles. The van der Waals surface area contributed by atoms with E-state index in [1.807, 2.05) is 0 Å². The van der Waals surface area contributed by atoms with Gasteiger partial charge in [-0.25, -0.2) is 0 Å². The van der Waals surface area contributed by atoms with Crippen LogP contribution >= 0.6 is 0 Å². The smallest absolute Gasteiger partial charge is 0.245 e. The van der Waals surface area contributed by atoms with Crippen molar-refractivity contribution in [1.82, 2.24) is 9.80 Å². The van der Waals surface area contributed by atoms with Crippen LogP contribution in [0, 0.1) is 0 Å². The Hall–Kier alpha value is -1.47. The third-order valence-corrected chi connectivity index (χ3v) is 5.02. The Morgan fingerprint density at radius 2 is 1.62 bits per heavy atom. The van der Waals surface area contributed by atoms with E-state index in [2.05, 4.69) is 0 Å². The van der Waals surface area contributed by atoms with Crippen molar-refractivity contribution >= 4 is 17.6 Å².